The van der Waals surface area contributed by atoms with Gasteiger partial charge in [0.1, 0.15) is 17.2 Å². The van der Waals surface area contributed by atoms with Crippen molar-refractivity contribution in [3.05, 3.63) is 59.0 Å². The lowest BCUT2D eigenvalue weighted by Gasteiger charge is -2.17. The molecule has 1 aromatic carbocycles. The summed E-state index contributed by atoms with van der Waals surface area (Å²) in [4.78, 5) is 15.3. The molecular formula is C15H15FN2O2. The number of anilines is 1. The summed E-state index contributed by atoms with van der Waals surface area (Å²) in [5.74, 6) is -1.16. The van der Waals surface area contributed by atoms with E-state index in [0.717, 1.165) is 0 Å². The molecule has 20 heavy (non-hydrogen) atoms. The minimum atomic E-state index is -1.07. The first-order valence-electron chi connectivity index (χ1n) is 6.21. The lowest BCUT2D eigenvalue weighted by molar-refractivity contribution is 0.0697. The van der Waals surface area contributed by atoms with Gasteiger partial charge in [-0.3, -0.25) is 0 Å². The van der Waals surface area contributed by atoms with Gasteiger partial charge in [-0.15, -0.1) is 0 Å². The van der Waals surface area contributed by atoms with Gasteiger partial charge in [0, 0.05) is 11.3 Å². The summed E-state index contributed by atoms with van der Waals surface area (Å²) in [6, 6.07) is 9.10. The summed E-state index contributed by atoms with van der Waals surface area (Å²) >= 11 is 0. The van der Waals surface area contributed by atoms with Gasteiger partial charge < -0.3 is 10.4 Å². The number of benzene rings is 1. The molecule has 0 saturated heterocycles. The van der Waals surface area contributed by atoms with Gasteiger partial charge in [-0.1, -0.05) is 18.2 Å². The molecule has 1 aromatic heterocycles. The third-order valence-electron chi connectivity index (χ3n) is 2.99. The van der Waals surface area contributed by atoms with Crippen molar-refractivity contribution in [1.29, 1.82) is 0 Å². The maximum absolute atomic E-state index is 13.7. The highest BCUT2D eigenvalue weighted by molar-refractivity contribution is 5.93. The van der Waals surface area contributed by atoms with Crippen molar-refractivity contribution in [2.24, 2.45) is 0 Å². The highest BCUT2D eigenvalue weighted by Crippen LogP contribution is 2.23. The van der Waals surface area contributed by atoms with E-state index in [4.69, 9.17) is 5.11 Å². The molecule has 1 unspecified atom stereocenters. The molecule has 0 amide bonds. The minimum Gasteiger partial charge on any atom is -0.478 e. The van der Waals surface area contributed by atoms with Gasteiger partial charge in [-0.2, -0.15) is 0 Å². The monoisotopic (exact) mass is 274 g/mol. The van der Waals surface area contributed by atoms with Crippen LogP contribution in [0.2, 0.25) is 0 Å². The Morgan fingerprint density at radius 1 is 1.30 bits per heavy atom. The molecule has 0 bridgehead atoms. The van der Waals surface area contributed by atoms with E-state index in [1.807, 2.05) is 0 Å². The predicted molar refractivity (Wildman–Crippen MR) is 74.4 cm³/mol. The Kier molecular flexibility index (Phi) is 3.98. The summed E-state index contributed by atoms with van der Waals surface area (Å²) < 4.78 is 13.7. The van der Waals surface area contributed by atoms with Crippen molar-refractivity contribution in [1.82, 2.24) is 4.98 Å². The second-order valence-corrected chi connectivity index (χ2v) is 4.54. The average Bonchev–Trinajstić information content (AvgIpc) is 2.38. The maximum atomic E-state index is 13.7. The lowest BCUT2D eigenvalue weighted by Crippen LogP contribution is -2.13. The molecule has 0 fully saturated rings. The third kappa shape index (κ3) is 2.93. The van der Waals surface area contributed by atoms with Gasteiger partial charge in [-0.05, 0) is 32.0 Å². The molecule has 1 atom stereocenters. The van der Waals surface area contributed by atoms with Crippen molar-refractivity contribution < 1.29 is 14.3 Å². The number of hydrogen-bond acceptors (Lipinski definition) is 3. The van der Waals surface area contributed by atoms with Crippen LogP contribution in [0.1, 0.15) is 34.6 Å². The number of carboxylic acids is 1. The number of hydrogen-bond donors (Lipinski definition) is 2. The van der Waals surface area contributed by atoms with Crippen molar-refractivity contribution >= 4 is 11.8 Å². The molecule has 0 aliphatic rings. The Labute approximate surface area is 116 Å². The van der Waals surface area contributed by atoms with Gasteiger partial charge in [0.05, 0.1) is 6.04 Å². The zero-order valence-corrected chi connectivity index (χ0v) is 11.2. The van der Waals surface area contributed by atoms with E-state index in [1.165, 1.54) is 12.1 Å². The largest absolute Gasteiger partial charge is 0.478 e. The fourth-order valence-corrected chi connectivity index (χ4v) is 1.95. The number of nitrogens with one attached hydrogen (secondary N) is 1. The van der Waals surface area contributed by atoms with Crippen LogP contribution in [-0.4, -0.2) is 16.1 Å². The van der Waals surface area contributed by atoms with Crippen LogP contribution in [0.4, 0.5) is 10.2 Å². The molecule has 1 heterocycles. The van der Waals surface area contributed by atoms with E-state index in [0.29, 0.717) is 11.3 Å². The molecule has 0 aliphatic heterocycles. The summed E-state index contributed by atoms with van der Waals surface area (Å²) in [7, 11) is 0. The van der Waals surface area contributed by atoms with Gasteiger partial charge in [-0.25, -0.2) is 14.2 Å². The Hall–Kier alpha value is -2.43. The summed E-state index contributed by atoms with van der Waals surface area (Å²) in [5.41, 5.74) is 1.23. The van der Waals surface area contributed by atoms with Crippen LogP contribution in [0.25, 0.3) is 0 Å². The maximum Gasteiger partial charge on any atom is 0.339 e. The van der Waals surface area contributed by atoms with Crippen molar-refractivity contribution in [2.75, 3.05) is 5.32 Å². The Morgan fingerprint density at radius 3 is 2.65 bits per heavy atom. The van der Waals surface area contributed by atoms with E-state index in [9.17, 15) is 9.18 Å². The fourth-order valence-electron chi connectivity index (χ4n) is 1.95. The predicted octanol–water partition coefficient (Wildman–Crippen LogP) is 3.40. The number of aromatic carboxylic acids is 1. The Morgan fingerprint density at radius 2 is 2.00 bits per heavy atom. The van der Waals surface area contributed by atoms with Crippen LogP contribution in [0.5, 0.6) is 0 Å². The van der Waals surface area contributed by atoms with E-state index < -0.39 is 5.97 Å². The van der Waals surface area contributed by atoms with Crippen LogP contribution >= 0.6 is 0 Å². The lowest BCUT2D eigenvalue weighted by atomic mass is 10.1. The summed E-state index contributed by atoms with van der Waals surface area (Å²) in [6.07, 6.45) is 0. The van der Waals surface area contributed by atoms with E-state index in [2.05, 4.69) is 10.3 Å². The fraction of sp³-hybridized carbons (Fsp3) is 0.200. The smallest absolute Gasteiger partial charge is 0.339 e. The van der Waals surface area contributed by atoms with E-state index in [-0.39, 0.29) is 23.2 Å². The van der Waals surface area contributed by atoms with Crippen LogP contribution in [0.15, 0.2) is 36.4 Å². The average molecular weight is 274 g/mol. The number of aromatic nitrogens is 1. The number of carbonyl (C=O) groups is 1. The second-order valence-electron chi connectivity index (χ2n) is 4.54. The summed E-state index contributed by atoms with van der Waals surface area (Å²) in [5, 5.41) is 12.1. The SMILES string of the molecule is Cc1ccc(C(=O)O)c(NC(C)c2ccccc2F)n1. The zero-order chi connectivity index (χ0) is 14.7. The summed E-state index contributed by atoms with van der Waals surface area (Å²) in [6.45, 7) is 3.53. The highest BCUT2D eigenvalue weighted by Gasteiger charge is 2.16. The van der Waals surface area contributed by atoms with Crippen LogP contribution in [0.3, 0.4) is 0 Å². The molecule has 0 aliphatic carbocycles. The Bertz CT molecular complexity index is 644. The van der Waals surface area contributed by atoms with Gasteiger partial charge in [0.2, 0.25) is 0 Å². The number of aryl methyl sites for hydroxylation is 1. The van der Waals surface area contributed by atoms with Gasteiger partial charge >= 0.3 is 5.97 Å². The molecule has 2 N–H and O–H groups in total. The first-order valence-corrected chi connectivity index (χ1v) is 6.21. The third-order valence-corrected chi connectivity index (χ3v) is 2.99. The van der Waals surface area contributed by atoms with Crippen molar-refractivity contribution in [3.63, 3.8) is 0 Å². The molecule has 5 heteroatoms. The topological polar surface area (TPSA) is 62.2 Å². The molecule has 2 rings (SSSR count). The first-order chi connectivity index (χ1) is 9.49. The zero-order valence-electron chi connectivity index (χ0n) is 11.2. The Balaban J connectivity index is 2.32. The molecular weight excluding hydrogens is 259 g/mol. The minimum absolute atomic E-state index is 0.0683. The first kappa shape index (κ1) is 14.0. The van der Waals surface area contributed by atoms with E-state index >= 15 is 0 Å². The van der Waals surface area contributed by atoms with Crippen LogP contribution in [-0.2, 0) is 0 Å². The molecule has 0 radical (unpaired) electrons. The number of nitrogens with zero attached hydrogens (tertiary/aromatic N) is 1. The number of rotatable bonds is 4. The molecule has 4 nitrogen and oxygen atoms in total. The number of halogens is 1. The van der Waals surface area contributed by atoms with E-state index in [1.54, 1.807) is 38.1 Å². The van der Waals surface area contributed by atoms with Gasteiger partial charge in [0.25, 0.3) is 0 Å². The van der Waals surface area contributed by atoms with Crippen LogP contribution in [0, 0.1) is 12.7 Å². The molecule has 0 saturated carbocycles. The standard InChI is InChI=1S/C15H15FN2O2/c1-9-7-8-12(15(19)20)14(17-9)18-10(2)11-5-3-4-6-13(11)16/h3-8,10H,1-2H3,(H,17,18)(H,19,20). The quantitative estimate of drug-likeness (QED) is 0.897. The molecule has 104 valence electrons. The second kappa shape index (κ2) is 5.69. The van der Waals surface area contributed by atoms with Crippen molar-refractivity contribution in [3.8, 4) is 0 Å². The van der Waals surface area contributed by atoms with Gasteiger partial charge in [0.15, 0.2) is 0 Å². The molecule has 2 aromatic rings. The normalized spacial score (nSPS) is 11.9. The van der Waals surface area contributed by atoms with Crippen molar-refractivity contribution in [2.45, 2.75) is 19.9 Å². The molecule has 0 spiro atoms. The highest BCUT2D eigenvalue weighted by atomic mass is 19.1. The van der Waals surface area contributed by atoms with Crippen LogP contribution < -0.4 is 5.32 Å². The number of carboxylic acid groups (broad SMARTS) is 1. The number of pyridine rings is 1.